The zero-order chi connectivity index (χ0) is 5.86. The van der Waals surface area contributed by atoms with Crippen LogP contribution in [0.25, 0.3) is 0 Å². The van der Waals surface area contributed by atoms with E-state index in [0.29, 0.717) is 5.57 Å². The summed E-state index contributed by atoms with van der Waals surface area (Å²) in [7, 11) is 0. The number of halogens is 1. The fourth-order valence-corrected chi connectivity index (χ4v) is 0.316. The van der Waals surface area contributed by atoms with Crippen molar-refractivity contribution >= 4 is 29.4 Å². The molecule has 40 valence electrons. The van der Waals surface area contributed by atoms with Gasteiger partial charge in [-0.3, -0.25) is 5.41 Å². The van der Waals surface area contributed by atoms with E-state index in [1.165, 1.54) is 5.41 Å². The lowest BCUT2D eigenvalue weighted by molar-refractivity contribution is 1.50. The fourth-order valence-electron chi connectivity index (χ4n) is 0.0567. The van der Waals surface area contributed by atoms with E-state index >= 15 is 0 Å². The van der Waals surface area contributed by atoms with Gasteiger partial charge in [0.25, 0.3) is 0 Å². The third-order valence-electron chi connectivity index (χ3n) is 0.540. The Hall–Kier alpha value is 0.0500. The van der Waals surface area contributed by atoms with Gasteiger partial charge in [0.2, 0.25) is 0 Å². The van der Waals surface area contributed by atoms with E-state index in [-0.39, 0.29) is 5.17 Å². The van der Waals surface area contributed by atoms with Gasteiger partial charge in [0, 0.05) is 0 Å². The molecule has 7 heavy (non-hydrogen) atoms. The molecule has 0 spiro atoms. The standard InChI is InChI=1S/C4H6ClNS/c1-3(2-7)4(5)6/h2,6-7H,1H3/b3-2-,6-4?. The average molecular weight is 136 g/mol. The predicted molar refractivity (Wildman–Crippen MR) is 36.3 cm³/mol. The Bertz CT molecular complexity index is 108. The lowest BCUT2D eigenvalue weighted by Gasteiger charge is -1.86. The van der Waals surface area contributed by atoms with Crippen molar-refractivity contribution in [3.63, 3.8) is 0 Å². The first-order valence-corrected chi connectivity index (χ1v) is 2.63. The summed E-state index contributed by atoms with van der Waals surface area (Å²) in [4.78, 5) is 0. The number of allylic oxidation sites excluding steroid dienone is 1. The Morgan fingerprint density at radius 2 is 2.29 bits per heavy atom. The average Bonchev–Trinajstić information content (AvgIpc) is 1.65. The number of thiol groups is 1. The Labute approximate surface area is 53.3 Å². The highest BCUT2D eigenvalue weighted by molar-refractivity contribution is 7.83. The van der Waals surface area contributed by atoms with Crippen molar-refractivity contribution in [1.82, 2.24) is 0 Å². The first-order valence-electron chi connectivity index (χ1n) is 1.74. The van der Waals surface area contributed by atoms with Gasteiger partial charge in [0.1, 0.15) is 5.17 Å². The number of hydrogen-bond acceptors (Lipinski definition) is 2. The van der Waals surface area contributed by atoms with Gasteiger partial charge in [0.15, 0.2) is 0 Å². The van der Waals surface area contributed by atoms with Crippen molar-refractivity contribution in [3.05, 3.63) is 11.0 Å². The highest BCUT2D eigenvalue weighted by Crippen LogP contribution is 1.98. The summed E-state index contributed by atoms with van der Waals surface area (Å²) < 4.78 is 0. The number of rotatable bonds is 1. The predicted octanol–water partition coefficient (Wildman–Crippen LogP) is 2.04. The first kappa shape index (κ1) is 7.05. The van der Waals surface area contributed by atoms with Crippen LogP contribution in [-0.2, 0) is 0 Å². The minimum atomic E-state index is 0.0509. The lowest BCUT2D eigenvalue weighted by atomic mass is 10.4. The molecule has 1 nitrogen and oxygen atoms in total. The van der Waals surface area contributed by atoms with Crippen LogP contribution in [0.4, 0.5) is 0 Å². The van der Waals surface area contributed by atoms with Crippen LogP contribution >= 0.6 is 24.2 Å². The van der Waals surface area contributed by atoms with Crippen molar-refractivity contribution < 1.29 is 0 Å². The third kappa shape index (κ3) is 2.71. The molecule has 0 atom stereocenters. The van der Waals surface area contributed by atoms with Crippen LogP contribution in [0.15, 0.2) is 11.0 Å². The third-order valence-corrected chi connectivity index (χ3v) is 1.23. The second-order valence-corrected chi connectivity index (χ2v) is 1.76. The molecule has 0 bridgehead atoms. The van der Waals surface area contributed by atoms with Crippen LogP contribution in [0.2, 0.25) is 0 Å². The van der Waals surface area contributed by atoms with Crippen LogP contribution in [0.3, 0.4) is 0 Å². The Morgan fingerprint density at radius 1 is 1.86 bits per heavy atom. The van der Waals surface area contributed by atoms with Crippen LogP contribution in [0, 0.1) is 5.41 Å². The zero-order valence-corrected chi connectivity index (χ0v) is 5.55. The minimum Gasteiger partial charge on any atom is -0.289 e. The second-order valence-electron chi connectivity index (χ2n) is 1.13. The van der Waals surface area contributed by atoms with E-state index in [1.54, 1.807) is 6.92 Å². The van der Waals surface area contributed by atoms with Gasteiger partial charge in [-0.2, -0.15) is 12.6 Å². The van der Waals surface area contributed by atoms with Crippen LogP contribution in [-0.4, -0.2) is 5.17 Å². The van der Waals surface area contributed by atoms with Crippen LogP contribution in [0.5, 0.6) is 0 Å². The molecular weight excluding hydrogens is 130 g/mol. The molecule has 0 saturated carbocycles. The highest BCUT2D eigenvalue weighted by Gasteiger charge is 1.87. The molecule has 0 aliphatic carbocycles. The van der Waals surface area contributed by atoms with Gasteiger partial charge >= 0.3 is 0 Å². The maximum Gasteiger partial charge on any atom is 0.124 e. The molecule has 0 radical (unpaired) electrons. The SMILES string of the molecule is C/C(=C/S)C(=N)Cl. The monoisotopic (exact) mass is 135 g/mol. The largest absolute Gasteiger partial charge is 0.289 e. The Morgan fingerprint density at radius 3 is 2.29 bits per heavy atom. The molecule has 0 amide bonds. The summed E-state index contributed by atoms with van der Waals surface area (Å²) in [5.41, 5.74) is 0.685. The van der Waals surface area contributed by atoms with Crippen molar-refractivity contribution in [1.29, 1.82) is 5.41 Å². The maximum atomic E-state index is 6.75. The van der Waals surface area contributed by atoms with Gasteiger partial charge in [0.05, 0.1) is 0 Å². The van der Waals surface area contributed by atoms with E-state index < -0.39 is 0 Å². The summed E-state index contributed by atoms with van der Waals surface area (Å²) in [5.74, 6) is 0. The van der Waals surface area contributed by atoms with Crippen molar-refractivity contribution in [3.8, 4) is 0 Å². The minimum absolute atomic E-state index is 0.0509. The van der Waals surface area contributed by atoms with E-state index in [4.69, 9.17) is 17.0 Å². The summed E-state index contributed by atoms with van der Waals surface area (Å²) in [6.07, 6.45) is 0. The van der Waals surface area contributed by atoms with Gasteiger partial charge in [-0.15, -0.1) is 0 Å². The van der Waals surface area contributed by atoms with E-state index in [9.17, 15) is 0 Å². The molecule has 0 unspecified atom stereocenters. The number of nitrogens with one attached hydrogen (secondary N) is 1. The second kappa shape index (κ2) is 3.10. The summed E-state index contributed by atoms with van der Waals surface area (Å²) >= 11 is 8.96. The Kier molecular flexibility index (Phi) is 3.13. The summed E-state index contributed by atoms with van der Waals surface area (Å²) in [6, 6.07) is 0. The molecule has 0 heterocycles. The maximum absolute atomic E-state index is 6.75. The molecular formula is C4H6ClNS. The molecule has 0 aliphatic heterocycles. The summed E-state index contributed by atoms with van der Waals surface area (Å²) in [6.45, 7) is 1.72. The van der Waals surface area contributed by atoms with E-state index in [1.807, 2.05) is 0 Å². The smallest absolute Gasteiger partial charge is 0.124 e. The fraction of sp³-hybridized carbons (Fsp3) is 0.250. The molecule has 0 fully saturated rings. The molecule has 0 aromatic rings. The van der Waals surface area contributed by atoms with Crippen LogP contribution in [0.1, 0.15) is 6.92 Å². The topological polar surface area (TPSA) is 23.9 Å². The van der Waals surface area contributed by atoms with Crippen molar-refractivity contribution in [2.75, 3.05) is 0 Å². The molecule has 0 aliphatic rings. The van der Waals surface area contributed by atoms with E-state index in [0.717, 1.165) is 0 Å². The van der Waals surface area contributed by atoms with Crippen molar-refractivity contribution in [2.45, 2.75) is 6.92 Å². The molecule has 0 saturated heterocycles. The normalized spacial score (nSPS) is 11.6. The molecule has 0 aromatic heterocycles. The van der Waals surface area contributed by atoms with Gasteiger partial charge in [-0.25, -0.2) is 0 Å². The van der Waals surface area contributed by atoms with Gasteiger partial charge in [-0.1, -0.05) is 11.6 Å². The van der Waals surface area contributed by atoms with Gasteiger partial charge in [-0.05, 0) is 17.9 Å². The quantitative estimate of drug-likeness (QED) is 0.406. The van der Waals surface area contributed by atoms with E-state index in [2.05, 4.69) is 12.6 Å². The molecule has 0 aromatic carbocycles. The molecule has 0 rings (SSSR count). The highest BCUT2D eigenvalue weighted by atomic mass is 35.5. The Balaban J connectivity index is 3.82. The molecule has 3 heteroatoms. The van der Waals surface area contributed by atoms with Crippen LogP contribution < -0.4 is 0 Å². The summed E-state index contributed by atoms with van der Waals surface area (Å²) in [5, 5.41) is 8.29. The molecule has 1 N–H and O–H groups in total. The first-order chi connectivity index (χ1) is 3.18. The van der Waals surface area contributed by atoms with Crippen molar-refractivity contribution in [2.24, 2.45) is 0 Å². The van der Waals surface area contributed by atoms with Gasteiger partial charge < -0.3 is 0 Å². The lowest BCUT2D eigenvalue weighted by Crippen LogP contribution is -1.82. The zero-order valence-electron chi connectivity index (χ0n) is 3.90. The number of hydrogen-bond donors (Lipinski definition) is 2.